The van der Waals surface area contributed by atoms with E-state index in [0.717, 1.165) is 11.1 Å². The summed E-state index contributed by atoms with van der Waals surface area (Å²) in [5, 5.41) is 2.83. The molecule has 0 saturated carbocycles. The van der Waals surface area contributed by atoms with E-state index in [4.69, 9.17) is 4.42 Å². The monoisotopic (exact) mass is 319 g/mol. The second-order valence-electron chi connectivity index (χ2n) is 4.05. The highest BCUT2D eigenvalue weighted by atomic mass is 79.9. The third-order valence-electron chi connectivity index (χ3n) is 2.72. The van der Waals surface area contributed by atoms with Gasteiger partial charge in [0.15, 0.2) is 10.3 Å². The molecule has 0 atom stereocenters. The van der Waals surface area contributed by atoms with Crippen molar-refractivity contribution in [2.75, 3.05) is 0 Å². The van der Waals surface area contributed by atoms with Crippen molar-refractivity contribution < 1.29 is 9.21 Å². The summed E-state index contributed by atoms with van der Waals surface area (Å²) < 4.78 is 6.00. The van der Waals surface area contributed by atoms with Crippen LogP contribution in [0.5, 0.6) is 0 Å². The van der Waals surface area contributed by atoms with E-state index >= 15 is 0 Å². The van der Waals surface area contributed by atoms with Crippen molar-refractivity contribution in [1.82, 2.24) is 15.3 Å². The van der Waals surface area contributed by atoms with Crippen LogP contribution in [-0.4, -0.2) is 15.9 Å². The Hall–Kier alpha value is -2.08. The number of fused-ring (bicyclic) bond motifs is 1. The molecule has 0 aromatic carbocycles. The number of aromatic amines is 1. The minimum atomic E-state index is -0.167. The van der Waals surface area contributed by atoms with Crippen LogP contribution in [0.4, 0.5) is 0 Å². The molecular formula is C13H10BrN3O2. The number of carbonyl (C=O) groups excluding carboxylic acids is 1. The van der Waals surface area contributed by atoms with Crippen LogP contribution in [0.3, 0.4) is 0 Å². The molecule has 6 heteroatoms. The lowest BCUT2D eigenvalue weighted by atomic mass is 10.2. The van der Waals surface area contributed by atoms with Crippen molar-refractivity contribution in [1.29, 1.82) is 0 Å². The van der Waals surface area contributed by atoms with Crippen molar-refractivity contribution in [2.45, 2.75) is 6.54 Å². The Balaban J connectivity index is 1.71. The van der Waals surface area contributed by atoms with E-state index in [-0.39, 0.29) is 5.91 Å². The zero-order chi connectivity index (χ0) is 13.2. The van der Waals surface area contributed by atoms with E-state index in [0.29, 0.717) is 22.5 Å². The lowest BCUT2D eigenvalue weighted by Crippen LogP contribution is -2.23. The molecule has 0 spiro atoms. The highest BCUT2D eigenvalue weighted by molar-refractivity contribution is 9.10. The molecular weight excluding hydrogens is 310 g/mol. The highest BCUT2D eigenvalue weighted by Crippen LogP contribution is 2.23. The number of H-pyrrole nitrogens is 1. The van der Waals surface area contributed by atoms with Crippen molar-refractivity contribution in [3.63, 3.8) is 0 Å². The summed E-state index contributed by atoms with van der Waals surface area (Å²) in [7, 11) is 0. The standard InChI is InChI=1S/C13H10BrN3O2/c14-12-6-9-11(19-12)5-10(17-9)13(18)16-7-8-1-3-15-4-2-8/h1-6,17H,7H2,(H,16,18). The van der Waals surface area contributed by atoms with Gasteiger partial charge in [0.2, 0.25) is 0 Å². The van der Waals surface area contributed by atoms with E-state index in [2.05, 4.69) is 31.2 Å². The lowest BCUT2D eigenvalue weighted by molar-refractivity contribution is 0.0946. The maximum Gasteiger partial charge on any atom is 0.268 e. The maximum absolute atomic E-state index is 12.0. The minimum Gasteiger partial charge on any atom is -0.448 e. The van der Waals surface area contributed by atoms with Gasteiger partial charge in [0.05, 0.1) is 5.52 Å². The quantitative estimate of drug-likeness (QED) is 0.779. The molecule has 3 aromatic rings. The molecule has 2 N–H and O–H groups in total. The summed E-state index contributed by atoms with van der Waals surface area (Å²) >= 11 is 3.23. The van der Waals surface area contributed by atoms with Crippen LogP contribution in [0.15, 0.2) is 45.7 Å². The molecule has 96 valence electrons. The van der Waals surface area contributed by atoms with E-state index in [1.54, 1.807) is 24.5 Å². The average Bonchev–Trinajstić information content (AvgIpc) is 2.94. The van der Waals surface area contributed by atoms with Crippen LogP contribution < -0.4 is 5.32 Å². The van der Waals surface area contributed by atoms with Gasteiger partial charge in [-0.3, -0.25) is 9.78 Å². The SMILES string of the molecule is O=C(NCc1ccncc1)c1cc2oc(Br)cc2[nH]1. The van der Waals surface area contributed by atoms with Gasteiger partial charge in [0.1, 0.15) is 5.69 Å². The first kappa shape index (κ1) is 12.0. The van der Waals surface area contributed by atoms with Gasteiger partial charge >= 0.3 is 0 Å². The van der Waals surface area contributed by atoms with Crippen molar-refractivity contribution in [2.24, 2.45) is 0 Å². The Labute approximate surface area is 117 Å². The number of amides is 1. The van der Waals surface area contributed by atoms with Crippen LogP contribution in [-0.2, 0) is 6.54 Å². The van der Waals surface area contributed by atoms with Gasteiger partial charge in [-0.25, -0.2) is 0 Å². The zero-order valence-electron chi connectivity index (χ0n) is 9.81. The summed E-state index contributed by atoms with van der Waals surface area (Å²) in [6, 6.07) is 7.19. The lowest BCUT2D eigenvalue weighted by Gasteiger charge is -2.03. The number of nitrogens with one attached hydrogen (secondary N) is 2. The summed E-state index contributed by atoms with van der Waals surface area (Å²) in [5.41, 5.74) is 2.93. The highest BCUT2D eigenvalue weighted by Gasteiger charge is 2.12. The molecule has 0 saturated heterocycles. The summed E-state index contributed by atoms with van der Waals surface area (Å²) in [6.07, 6.45) is 3.39. The molecule has 0 aliphatic heterocycles. The summed E-state index contributed by atoms with van der Waals surface area (Å²) in [4.78, 5) is 18.9. The molecule has 3 heterocycles. The van der Waals surface area contributed by atoms with Crippen molar-refractivity contribution in [3.05, 3.63) is 52.6 Å². The van der Waals surface area contributed by atoms with Gasteiger partial charge < -0.3 is 14.7 Å². The largest absolute Gasteiger partial charge is 0.448 e. The third kappa shape index (κ3) is 2.53. The Bertz CT molecular complexity index is 686. The van der Waals surface area contributed by atoms with Gasteiger partial charge in [-0.2, -0.15) is 0 Å². The number of furan rings is 1. The van der Waals surface area contributed by atoms with E-state index in [9.17, 15) is 4.79 Å². The zero-order valence-corrected chi connectivity index (χ0v) is 11.4. The minimum absolute atomic E-state index is 0.167. The molecule has 3 rings (SSSR count). The normalized spacial score (nSPS) is 10.8. The second kappa shape index (κ2) is 4.89. The van der Waals surface area contributed by atoms with Gasteiger partial charge in [0, 0.05) is 31.1 Å². The van der Waals surface area contributed by atoms with Crippen molar-refractivity contribution in [3.8, 4) is 0 Å². The summed E-state index contributed by atoms with van der Waals surface area (Å²) in [5.74, 6) is -0.167. The third-order valence-corrected chi connectivity index (χ3v) is 3.11. The van der Waals surface area contributed by atoms with Gasteiger partial charge in [0.25, 0.3) is 5.91 Å². The van der Waals surface area contributed by atoms with Gasteiger partial charge in [-0.1, -0.05) is 0 Å². The number of hydrogen-bond donors (Lipinski definition) is 2. The van der Waals surface area contributed by atoms with Crippen molar-refractivity contribution >= 4 is 32.9 Å². The Kier molecular flexibility index (Phi) is 3.08. The fourth-order valence-electron chi connectivity index (χ4n) is 1.79. The smallest absolute Gasteiger partial charge is 0.268 e. The second-order valence-corrected chi connectivity index (χ2v) is 4.83. The van der Waals surface area contributed by atoms with Crippen LogP contribution in [0.2, 0.25) is 0 Å². The number of halogens is 1. The molecule has 5 nitrogen and oxygen atoms in total. The number of aromatic nitrogens is 2. The fraction of sp³-hybridized carbons (Fsp3) is 0.0769. The molecule has 0 aliphatic carbocycles. The fourth-order valence-corrected chi connectivity index (χ4v) is 2.20. The van der Waals surface area contributed by atoms with E-state index in [1.165, 1.54) is 0 Å². The predicted octanol–water partition coefficient (Wildman–Crippen LogP) is 2.85. The first-order chi connectivity index (χ1) is 9.22. The molecule has 0 unspecified atom stereocenters. The molecule has 0 radical (unpaired) electrons. The topological polar surface area (TPSA) is 70.9 Å². The molecule has 0 fully saturated rings. The number of rotatable bonds is 3. The van der Waals surface area contributed by atoms with Crippen LogP contribution in [0, 0.1) is 0 Å². The maximum atomic E-state index is 12.0. The number of hydrogen-bond acceptors (Lipinski definition) is 3. The Morgan fingerprint density at radius 2 is 2.16 bits per heavy atom. The molecule has 3 aromatic heterocycles. The first-order valence-electron chi connectivity index (χ1n) is 5.67. The number of pyridine rings is 1. The summed E-state index contributed by atoms with van der Waals surface area (Å²) in [6.45, 7) is 0.464. The first-order valence-corrected chi connectivity index (χ1v) is 6.47. The van der Waals surface area contributed by atoms with Gasteiger partial charge in [-0.15, -0.1) is 0 Å². The number of carbonyl (C=O) groups is 1. The van der Waals surface area contributed by atoms with Crippen LogP contribution >= 0.6 is 15.9 Å². The average molecular weight is 320 g/mol. The predicted molar refractivity (Wildman–Crippen MR) is 73.7 cm³/mol. The Morgan fingerprint density at radius 3 is 2.89 bits per heavy atom. The van der Waals surface area contributed by atoms with Gasteiger partial charge in [-0.05, 0) is 33.6 Å². The molecule has 0 bridgehead atoms. The molecule has 1 amide bonds. The van der Waals surface area contributed by atoms with Crippen LogP contribution in [0.25, 0.3) is 11.1 Å². The molecule has 0 aliphatic rings. The van der Waals surface area contributed by atoms with E-state index in [1.807, 2.05) is 12.1 Å². The molecule has 19 heavy (non-hydrogen) atoms. The van der Waals surface area contributed by atoms with E-state index < -0.39 is 0 Å². The Morgan fingerprint density at radius 1 is 1.37 bits per heavy atom. The van der Waals surface area contributed by atoms with Crippen LogP contribution in [0.1, 0.15) is 16.1 Å². The number of nitrogens with zero attached hydrogens (tertiary/aromatic N) is 1.